The Balaban J connectivity index is 1.99. The molecule has 0 saturated heterocycles. The van der Waals surface area contributed by atoms with Gasteiger partial charge < -0.3 is 5.32 Å². The Morgan fingerprint density at radius 1 is 0.800 bits per heavy atom. The van der Waals surface area contributed by atoms with Gasteiger partial charge >= 0.3 is 0 Å². The van der Waals surface area contributed by atoms with Gasteiger partial charge in [-0.05, 0) is 17.0 Å². The van der Waals surface area contributed by atoms with Gasteiger partial charge in [0, 0.05) is 11.1 Å². The number of hydrogen-bond acceptors (Lipinski definition) is 2. The molecule has 0 aliphatic rings. The zero-order valence-electron chi connectivity index (χ0n) is 11.0. The number of benzene rings is 3. The predicted molar refractivity (Wildman–Crippen MR) is 82.4 cm³/mol. The fourth-order valence-electron chi connectivity index (χ4n) is 2.34. The van der Waals surface area contributed by atoms with Crippen molar-refractivity contribution in [3.05, 3.63) is 78.4 Å². The van der Waals surface area contributed by atoms with Crippen molar-refractivity contribution < 1.29 is 0 Å². The average Bonchev–Trinajstić information content (AvgIpc) is 2.53. The second-order valence-electron chi connectivity index (χ2n) is 4.64. The molecule has 20 heavy (non-hydrogen) atoms. The van der Waals surface area contributed by atoms with Crippen molar-refractivity contribution in [2.75, 3.05) is 5.32 Å². The van der Waals surface area contributed by atoms with Crippen LogP contribution in [0.4, 0.5) is 5.69 Å². The summed E-state index contributed by atoms with van der Waals surface area (Å²) in [5, 5.41) is 15.0. The minimum atomic E-state index is -0.345. The Kier molecular flexibility index (Phi) is 3.34. The van der Waals surface area contributed by atoms with Crippen LogP contribution in [0.2, 0.25) is 0 Å². The smallest absolute Gasteiger partial charge is 0.140 e. The van der Waals surface area contributed by atoms with Crippen molar-refractivity contribution >= 4 is 16.5 Å². The fraction of sp³-hybridized carbons (Fsp3) is 0.0556. The van der Waals surface area contributed by atoms with Gasteiger partial charge in [-0.2, -0.15) is 5.26 Å². The van der Waals surface area contributed by atoms with Gasteiger partial charge in [-0.25, -0.2) is 0 Å². The molecule has 0 amide bonds. The Hall–Kier alpha value is -2.79. The van der Waals surface area contributed by atoms with E-state index < -0.39 is 0 Å². The highest BCUT2D eigenvalue weighted by molar-refractivity contribution is 5.94. The summed E-state index contributed by atoms with van der Waals surface area (Å²) in [5.74, 6) is 0. The molecule has 0 aliphatic heterocycles. The number of fused-ring (bicyclic) bond motifs is 1. The monoisotopic (exact) mass is 258 g/mol. The Morgan fingerprint density at radius 3 is 2.30 bits per heavy atom. The Bertz CT molecular complexity index is 752. The highest BCUT2D eigenvalue weighted by Gasteiger charge is 2.10. The van der Waals surface area contributed by atoms with Crippen LogP contribution in [0.3, 0.4) is 0 Å². The van der Waals surface area contributed by atoms with E-state index in [1.165, 1.54) is 5.39 Å². The van der Waals surface area contributed by atoms with Crippen LogP contribution in [0.15, 0.2) is 72.8 Å². The molecular weight excluding hydrogens is 244 g/mol. The maximum Gasteiger partial charge on any atom is 0.140 e. The third-order valence-corrected chi connectivity index (χ3v) is 3.35. The van der Waals surface area contributed by atoms with Gasteiger partial charge in [0.1, 0.15) is 6.04 Å². The molecule has 1 atom stereocenters. The molecule has 2 nitrogen and oxygen atoms in total. The molecule has 1 N–H and O–H groups in total. The van der Waals surface area contributed by atoms with E-state index in [1.54, 1.807) is 0 Å². The van der Waals surface area contributed by atoms with Crippen molar-refractivity contribution in [3.8, 4) is 6.07 Å². The summed E-state index contributed by atoms with van der Waals surface area (Å²) in [6.07, 6.45) is 0. The standard InChI is InChI=1S/C18H14N2/c19-13-18(15-8-2-1-3-9-15)20-17-12-6-10-14-7-4-5-11-16(14)17/h1-12,18,20H/t18-/m0/s1. The number of nitriles is 1. The molecule has 0 fully saturated rings. The first-order chi connectivity index (χ1) is 9.88. The second kappa shape index (κ2) is 5.46. The summed E-state index contributed by atoms with van der Waals surface area (Å²) in [6, 6.07) is 26.0. The summed E-state index contributed by atoms with van der Waals surface area (Å²) >= 11 is 0. The lowest BCUT2D eigenvalue weighted by Crippen LogP contribution is -2.08. The third-order valence-electron chi connectivity index (χ3n) is 3.35. The van der Waals surface area contributed by atoms with Crippen LogP contribution in [-0.2, 0) is 0 Å². The van der Waals surface area contributed by atoms with Crippen LogP contribution in [0, 0.1) is 11.3 Å². The fourth-order valence-corrected chi connectivity index (χ4v) is 2.34. The van der Waals surface area contributed by atoms with Crippen molar-refractivity contribution in [2.45, 2.75) is 6.04 Å². The molecular formula is C18H14N2. The molecule has 0 spiro atoms. The minimum absolute atomic E-state index is 0.345. The largest absolute Gasteiger partial charge is 0.366 e. The van der Waals surface area contributed by atoms with Crippen molar-refractivity contribution in [1.82, 2.24) is 0 Å². The highest BCUT2D eigenvalue weighted by Crippen LogP contribution is 2.26. The molecule has 0 radical (unpaired) electrons. The third kappa shape index (κ3) is 2.34. The van der Waals surface area contributed by atoms with Crippen molar-refractivity contribution in [2.24, 2.45) is 0 Å². The molecule has 0 bridgehead atoms. The Morgan fingerprint density at radius 2 is 1.50 bits per heavy atom. The van der Waals surface area contributed by atoms with Gasteiger partial charge in [0.15, 0.2) is 0 Å². The van der Waals surface area contributed by atoms with E-state index in [2.05, 4.69) is 29.6 Å². The molecule has 3 aromatic carbocycles. The van der Waals surface area contributed by atoms with E-state index in [9.17, 15) is 5.26 Å². The van der Waals surface area contributed by atoms with Crippen LogP contribution >= 0.6 is 0 Å². The van der Waals surface area contributed by atoms with E-state index in [0.717, 1.165) is 16.6 Å². The van der Waals surface area contributed by atoms with E-state index in [4.69, 9.17) is 0 Å². The number of nitrogens with one attached hydrogen (secondary N) is 1. The second-order valence-corrected chi connectivity index (χ2v) is 4.64. The average molecular weight is 258 g/mol. The van der Waals surface area contributed by atoms with Gasteiger partial charge in [0.05, 0.1) is 6.07 Å². The predicted octanol–water partition coefficient (Wildman–Crippen LogP) is 4.52. The lowest BCUT2D eigenvalue weighted by molar-refractivity contribution is 1.00. The normalized spacial score (nSPS) is 11.8. The highest BCUT2D eigenvalue weighted by atomic mass is 14.9. The summed E-state index contributed by atoms with van der Waals surface area (Å²) in [7, 11) is 0. The zero-order chi connectivity index (χ0) is 13.8. The summed E-state index contributed by atoms with van der Waals surface area (Å²) < 4.78 is 0. The van der Waals surface area contributed by atoms with Crippen LogP contribution in [0.25, 0.3) is 10.8 Å². The quantitative estimate of drug-likeness (QED) is 0.750. The molecule has 0 heterocycles. The van der Waals surface area contributed by atoms with Crippen LogP contribution in [0.5, 0.6) is 0 Å². The van der Waals surface area contributed by atoms with E-state index in [0.29, 0.717) is 0 Å². The molecule has 0 aliphatic carbocycles. The Labute approximate surface area is 118 Å². The van der Waals surface area contributed by atoms with Crippen LogP contribution < -0.4 is 5.32 Å². The van der Waals surface area contributed by atoms with E-state index in [-0.39, 0.29) is 6.04 Å². The molecule has 0 unspecified atom stereocenters. The molecule has 0 aromatic heterocycles. The topological polar surface area (TPSA) is 35.8 Å². The van der Waals surface area contributed by atoms with Gasteiger partial charge in [-0.3, -0.25) is 0 Å². The van der Waals surface area contributed by atoms with Crippen molar-refractivity contribution in [1.29, 1.82) is 5.26 Å². The maximum atomic E-state index is 9.40. The zero-order valence-corrected chi connectivity index (χ0v) is 11.0. The minimum Gasteiger partial charge on any atom is -0.366 e. The summed E-state index contributed by atoms with van der Waals surface area (Å²) in [4.78, 5) is 0. The van der Waals surface area contributed by atoms with E-state index in [1.807, 2.05) is 54.6 Å². The molecule has 3 rings (SSSR count). The number of anilines is 1. The first-order valence-corrected chi connectivity index (χ1v) is 6.57. The van der Waals surface area contributed by atoms with Gasteiger partial charge in [0.2, 0.25) is 0 Å². The van der Waals surface area contributed by atoms with Gasteiger partial charge in [0.25, 0.3) is 0 Å². The number of nitrogens with zero attached hydrogens (tertiary/aromatic N) is 1. The molecule has 0 saturated carbocycles. The maximum absolute atomic E-state index is 9.40. The lowest BCUT2D eigenvalue weighted by atomic mass is 10.1. The van der Waals surface area contributed by atoms with Crippen LogP contribution in [-0.4, -0.2) is 0 Å². The molecule has 3 aromatic rings. The van der Waals surface area contributed by atoms with Crippen molar-refractivity contribution in [3.63, 3.8) is 0 Å². The van der Waals surface area contributed by atoms with Gasteiger partial charge in [-0.1, -0.05) is 66.7 Å². The molecule has 2 heteroatoms. The lowest BCUT2D eigenvalue weighted by Gasteiger charge is -2.15. The summed E-state index contributed by atoms with van der Waals surface area (Å²) in [6.45, 7) is 0. The summed E-state index contributed by atoms with van der Waals surface area (Å²) in [5.41, 5.74) is 1.96. The first-order valence-electron chi connectivity index (χ1n) is 6.57. The van der Waals surface area contributed by atoms with Crippen LogP contribution in [0.1, 0.15) is 11.6 Å². The molecule has 96 valence electrons. The number of hydrogen-bond donors (Lipinski definition) is 1. The van der Waals surface area contributed by atoms with E-state index >= 15 is 0 Å². The van der Waals surface area contributed by atoms with Gasteiger partial charge in [-0.15, -0.1) is 0 Å². The SMILES string of the molecule is N#C[C@H](Nc1cccc2ccccc12)c1ccccc1. The first kappa shape index (κ1) is 12.3. The number of rotatable bonds is 3.